The van der Waals surface area contributed by atoms with Crippen molar-refractivity contribution in [2.45, 2.75) is 0 Å². The number of benzene rings is 1. The molecule has 1 saturated heterocycles. The second-order valence-electron chi connectivity index (χ2n) is 4.72. The van der Waals surface area contributed by atoms with Crippen LogP contribution < -0.4 is 10.2 Å². The van der Waals surface area contributed by atoms with Gasteiger partial charge >= 0.3 is 6.03 Å². The Morgan fingerprint density at radius 2 is 1.90 bits per heavy atom. The van der Waals surface area contributed by atoms with E-state index in [4.69, 9.17) is 0 Å². The SMILES string of the molecule is O=C(Nc1nccs1)N1CCN(c2ccc(F)cc2)CC1. The minimum Gasteiger partial charge on any atom is -0.368 e. The molecular formula is C14H15FN4OS. The molecular weight excluding hydrogens is 291 g/mol. The highest BCUT2D eigenvalue weighted by atomic mass is 32.1. The molecule has 5 nitrogen and oxygen atoms in total. The lowest BCUT2D eigenvalue weighted by Crippen LogP contribution is -2.50. The predicted molar refractivity (Wildman–Crippen MR) is 81.3 cm³/mol. The topological polar surface area (TPSA) is 48.5 Å². The molecule has 0 aliphatic carbocycles. The number of urea groups is 1. The summed E-state index contributed by atoms with van der Waals surface area (Å²) in [7, 11) is 0. The zero-order valence-corrected chi connectivity index (χ0v) is 12.1. The molecule has 0 bridgehead atoms. The van der Waals surface area contributed by atoms with Crippen molar-refractivity contribution < 1.29 is 9.18 Å². The van der Waals surface area contributed by atoms with Gasteiger partial charge in [0.1, 0.15) is 5.82 Å². The van der Waals surface area contributed by atoms with Crippen LogP contribution in [0.5, 0.6) is 0 Å². The highest BCUT2D eigenvalue weighted by Crippen LogP contribution is 2.18. The van der Waals surface area contributed by atoms with Crippen LogP contribution >= 0.6 is 11.3 Å². The third-order valence-corrected chi connectivity index (χ3v) is 4.09. The average molecular weight is 306 g/mol. The second-order valence-corrected chi connectivity index (χ2v) is 5.61. The van der Waals surface area contributed by atoms with E-state index in [0.29, 0.717) is 18.2 Å². The lowest BCUT2D eigenvalue weighted by molar-refractivity contribution is 0.208. The number of piperazine rings is 1. The number of carbonyl (C=O) groups is 1. The van der Waals surface area contributed by atoms with Gasteiger partial charge in [0.2, 0.25) is 0 Å². The summed E-state index contributed by atoms with van der Waals surface area (Å²) < 4.78 is 12.9. The van der Waals surface area contributed by atoms with Crippen LogP contribution in [0.2, 0.25) is 0 Å². The molecule has 21 heavy (non-hydrogen) atoms. The Morgan fingerprint density at radius 3 is 2.52 bits per heavy atom. The van der Waals surface area contributed by atoms with Crippen LogP contribution in [0.1, 0.15) is 0 Å². The number of nitrogens with one attached hydrogen (secondary N) is 1. The highest BCUT2D eigenvalue weighted by molar-refractivity contribution is 7.13. The van der Waals surface area contributed by atoms with Crippen molar-refractivity contribution in [1.82, 2.24) is 9.88 Å². The van der Waals surface area contributed by atoms with Gasteiger partial charge in [-0.15, -0.1) is 11.3 Å². The van der Waals surface area contributed by atoms with Crippen LogP contribution in [0, 0.1) is 5.82 Å². The number of nitrogens with zero attached hydrogens (tertiary/aromatic N) is 3. The molecule has 1 aliphatic rings. The van der Waals surface area contributed by atoms with Crippen molar-refractivity contribution in [3.05, 3.63) is 41.7 Å². The van der Waals surface area contributed by atoms with Crippen molar-refractivity contribution in [2.24, 2.45) is 0 Å². The Balaban J connectivity index is 1.55. The molecule has 7 heteroatoms. The standard InChI is InChI=1S/C14H15FN4OS/c15-11-1-3-12(4-2-11)18-6-8-19(9-7-18)14(20)17-13-16-5-10-21-13/h1-5,10H,6-9H2,(H,16,17,20). The van der Waals surface area contributed by atoms with Crippen LogP contribution in [0.15, 0.2) is 35.8 Å². The van der Waals surface area contributed by atoms with E-state index < -0.39 is 0 Å². The van der Waals surface area contributed by atoms with Gasteiger partial charge in [-0.3, -0.25) is 5.32 Å². The van der Waals surface area contributed by atoms with Crippen LogP contribution in [0.4, 0.5) is 20.0 Å². The number of carbonyl (C=O) groups excluding carboxylic acids is 1. The number of amides is 2. The van der Waals surface area contributed by atoms with Crippen LogP contribution in [0.25, 0.3) is 0 Å². The molecule has 2 heterocycles. The first-order valence-electron chi connectivity index (χ1n) is 6.68. The summed E-state index contributed by atoms with van der Waals surface area (Å²) in [6.45, 7) is 2.73. The summed E-state index contributed by atoms with van der Waals surface area (Å²) in [6.07, 6.45) is 1.66. The van der Waals surface area contributed by atoms with Gasteiger partial charge in [0.05, 0.1) is 0 Å². The first kappa shape index (κ1) is 13.8. The van der Waals surface area contributed by atoms with E-state index >= 15 is 0 Å². The zero-order chi connectivity index (χ0) is 14.7. The molecule has 110 valence electrons. The molecule has 0 spiro atoms. The molecule has 2 aromatic rings. The molecule has 1 aromatic carbocycles. The Kier molecular flexibility index (Phi) is 4.01. The van der Waals surface area contributed by atoms with Gasteiger partial charge in [-0.25, -0.2) is 14.2 Å². The Labute approximate surface area is 126 Å². The van der Waals surface area contributed by atoms with Crippen LogP contribution in [-0.2, 0) is 0 Å². The summed E-state index contributed by atoms with van der Waals surface area (Å²) >= 11 is 1.40. The molecule has 1 fully saturated rings. The summed E-state index contributed by atoms with van der Waals surface area (Å²) in [5.74, 6) is -0.236. The predicted octanol–water partition coefficient (Wildman–Crippen LogP) is 2.64. The first-order valence-corrected chi connectivity index (χ1v) is 7.56. The van der Waals surface area contributed by atoms with E-state index in [1.165, 1.54) is 23.5 Å². The zero-order valence-electron chi connectivity index (χ0n) is 11.3. The minimum atomic E-state index is -0.236. The number of halogens is 1. The average Bonchev–Trinajstić information content (AvgIpc) is 3.01. The van der Waals surface area contributed by atoms with E-state index in [2.05, 4.69) is 15.2 Å². The summed E-state index contributed by atoms with van der Waals surface area (Å²) in [4.78, 5) is 20.0. The number of aromatic nitrogens is 1. The summed E-state index contributed by atoms with van der Waals surface area (Å²) in [6, 6.07) is 6.32. The molecule has 1 aliphatic heterocycles. The monoisotopic (exact) mass is 306 g/mol. The number of hydrogen-bond acceptors (Lipinski definition) is 4. The van der Waals surface area contributed by atoms with E-state index in [9.17, 15) is 9.18 Å². The normalized spacial score (nSPS) is 15.1. The smallest absolute Gasteiger partial charge is 0.323 e. The molecule has 0 radical (unpaired) electrons. The quantitative estimate of drug-likeness (QED) is 0.928. The maximum atomic E-state index is 12.9. The first-order chi connectivity index (χ1) is 10.2. The van der Waals surface area contributed by atoms with Crippen molar-refractivity contribution in [3.63, 3.8) is 0 Å². The van der Waals surface area contributed by atoms with Gasteiger partial charge < -0.3 is 9.80 Å². The fraction of sp³-hybridized carbons (Fsp3) is 0.286. The molecule has 0 atom stereocenters. The molecule has 0 unspecified atom stereocenters. The summed E-state index contributed by atoms with van der Waals surface area (Å²) in [5.41, 5.74) is 0.983. The second kappa shape index (κ2) is 6.09. The van der Waals surface area contributed by atoms with Gasteiger partial charge in [0.15, 0.2) is 5.13 Å². The van der Waals surface area contributed by atoms with Gasteiger partial charge in [0, 0.05) is 43.4 Å². The molecule has 3 rings (SSSR count). The van der Waals surface area contributed by atoms with Gasteiger partial charge in [-0.05, 0) is 24.3 Å². The number of hydrogen-bond donors (Lipinski definition) is 1. The maximum absolute atomic E-state index is 12.9. The number of rotatable bonds is 2. The van der Waals surface area contributed by atoms with Crippen LogP contribution in [0.3, 0.4) is 0 Å². The van der Waals surface area contributed by atoms with Crippen LogP contribution in [-0.4, -0.2) is 42.1 Å². The molecule has 1 aromatic heterocycles. The fourth-order valence-electron chi connectivity index (χ4n) is 2.28. The molecule has 2 amide bonds. The lowest BCUT2D eigenvalue weighted by Gasteiger charge is -2.35. The number of thiazole rings is 1. The maximum Gasteiger partial charge on any atom is 0.323 e. The molecule has 0 saturated carbocycles. The van der Waals surface area contributed by atoms with Gasteiger partial charge in [0.25, 0.3) is 0 Å². The fourth-order valence-corrected chi connectivity index (χ4v) is 2.79. The molecule has 1 N–H and O–H groups in total. The minimum absolute atomic E-state index is 0.122. The van der Waals surface area contributed by atoms with E-state index in [1.54, 1.807) is 23.2 Å². The van der Waals surface area contributed by atoms with Crippen molar-refractivity contribution in [2.75, 3.05) is 36.4 Å². The van der Waals surface area contributed by atoms with E-state index in [1.807, 2.05) is 5.38 Å². The van der Waals surface area contributed by atoms with Gasteiger partial charge in [-0.1, -0.05) is 0 Å². The van der Waals surface area contributed by atoms with E-state index in [-0.39, 0.29) is 11.8 Å². The largest absolute Gasteiger partial charge is 0.368 e. The Morgan fingerprint density at radius 1 is 1.19 bits per heavy atom. The van der Waals surface area contributed by atoms with Crippen molar-refractivity contribution in [1.29, 1.82) is 0 Å². The number of anilines is 2. The Bertz CT molecular complexity index is 594. The highest BCUT2D eigenvalue weighted by Gasteiger charge is 2.21. The van der Waals surface area contributed by atoms with Gasteiger partial charge in [-0.2, -0.15) is 0 Å². The van der Waals surface area contributed by atoms with Crippen molar-refractivity contribution >= 4 is 28.2 Å². The lowest BCUT2D eigenvalue weighted by atomic mass is 10.2. The van der Waals surface area contributed by atoms with E-state index in [0.717, 1.165) is 18.8 Å². The third kappa shape index (κ3) is 3.30. The third-order valence-electron chi connectivity index (χ3n) is 3.40. The van der Waals surface area contributed by atoms with Crippen molar-refractivity contribution in [3.8, 4) is 0 Å². The summed E-state index contributed by atoms with van der Waals surface area (Å²) in [5, 5.41) is 5.21. The Hall–Kier alpha value is -2.15.